The van der Waals surface area contributed by atoms with Crippen molar-refractivity contribution >= 4 is 8.80 Å². The average Bonchev–Trinajstić information content (AvgIpc) is 3.04. The number of fused-ring (bicyclic) bond motifs is 1. The van der Waals surface area contributed by atoms with E-state index in [2.05, 4.69) is 84.5 Å². The minimum Gasteiger partial charge on any atom is -1.00 e. The first kappa shape index (κ1) is 21.0. The number of hydrogen-bond donors (Lipinski definition) is 0. The maximum absolute atomic E-state index is 2.51. The van der Waals surface area contributed by atoms with Crippen LogP contribution in [0.5, 0.6) is 0 Å². The van der Waals surface area contributed by atoms with Crippen molar-refractivity contribution in [2.24, 2.45) is 5.41 Å². The topological polar surface area (TPSA) is 0 Å². The summed E-state index contributed by atoms with van der Waals surface area (Å²) in [6, 6.07) is 12.4. The first-order chi connectivity index (χ1) is 10.9. The molecule has 0 saturated carbocycles. The predicted octanol–water partition coefficient (Wildman–Crippen LogP) is -1.10. The molecule has 5 rings (SSSR count). The third kappa shape index (κ3) is 2.93. The van der Waals surface area contributed by atoms with Crippen LogP contribution in [-0.4, -0.2) is 8.80 Å². The molecule has 2 heterocycles. The second-order valence-electron chi connectivity index (χ2n) is 7.52. The zero-order valence-electron chi connectivity index (χ0n) is 15.2. The van der Waals surface area contributed by atoms with Gasteiger partial charge in [-0.2, -0.15) is 0 Å². The normalized spacial score (nSPS) is 27.1. The van der Waals surface area contributed by atoms with Gasteiger partial charge in [-0.15, -0.1) is 0 Å². The van der Waals surface area contributed by atoms with Crippen LogP contribution in [0.25, 0.3) is 0 Å². The molecular formula is C21H23Cl2SiTi. The molecule has 2 unspecified atom stereocenters. The summed E-state index contributed by atoms with van der Waals surface area (Å²) in [6.45, 7) is 9.48. The molecule has 4 heteroatoms. The molecule has 0 aromatic heterocycles. The van der Waals surface area contributed by atoms with E-state index in [1.165, 1.54) is 29.2 Å². The summed E-state index contributed by atoms with van der Waals surface area (Å²) in [5.74, 6) is 0. The molecule has 2 aliphatic heterocycles. The Morgan fingerprint density at radius 1 is 1.08 bits per heavy atom. The van der Waals surface area contributed by atoms with Crippen LogP contribution in [0, 0.1) is 5.41 Å². The summed E-state index contributed by atoms with van der Waals surface area (Å²) in [7, 11) is -0.947. The maximum atomic E-state index is 2.51. The van der Waals surface area contributed by atoms with E-state index in [-0.39, 0.29) is 30.2 Å². The van der Waals surface area contributed by atoms with E-state index in [4.69, 9.17) is 0 Å². The van der Waals surface area contributed by atoms with E-state index in [1.807, 2.05) is 5.20 Å². The number of rotatable bonds is 3. The van der Waals surface area contributed by atoms with Crippen LogP contribution in [-0.2, 0) is 26.5 Å². The summed E-state index contributed by atoms with van der Waals surface area (Å²) in [6.07, 6.45) is 3.58. The van der Waals surface area contributed by atoms with Crippen LogP contribution >= 0.6 is 0 Å². The van der Waals surface area contributed by atoms with Gasteiger partial charge >= 0.3 is 153 Å². The molecule has 2 bridgehead atoms. The number of halogens is 2. The van der Waals surface area contributed by atoms with Crippen LogP contribution in [0.3, 0.4) is 0 Å². The Morgan fingerprint density at radius 2 is 1.72 bits per heavy atom. The van der Waals surface area contributed by atoms with Crippen LogP contribution in [0.15, 0.2) is 73.0 Å². The van der Waals surface area contributed by atoms with E-state index in [1.54, 1.807) is 20.2 Å². The molecular weight excluding hydrogens is 399 g/mol. The number of hydrogen-bond acceptors (Lipinski definition) is 0. The zero-order chi connectivity index (χ0) is 16.4. The number of benzene rings is 1. The first-order valence-electron chi connectivity index (χ1n) is 8.53. The fourth-order valence-corrected chi connectivity index (χ4v) is 11.1. The van der Waals surface area contributed by atoms with Gasteiger partial charge in [0.1, 0.15) is 0 Å². The Morgan fingerprint density at radius 3 is 2.28 bits per heavy atom. The first-order valence-corrected chi connectivity index (χ1v) is 11.3. The van der Waals surface area contributed by atoms with Crippen molar-refractivity contribution in [1.29, 1.82) is 0 Å². The van der Waals surface area contributed by atoms with Gasteiger partial charge < -0.3 is 24.8 Å². The van der Waals surface area contributed by atoms with Crippen LogP contribution < -0.4 is 24.8 Å². The van der Waals surface area contributed by atoms with Gasteiger partial charge in [0.2, 0.25) is 0 Å². The van der Waals surface area contributed by atoms with Gasteiger partial charge in [0.05, 0.1) is 0 Å². The monoisotopic (exact) mass is 421 g/mol. The second kappa shape index (κ2) is 7.37. The minimum atomic E-state index is -0.947. The Kier molecular flexibility index (Phi) is 6.19. The molecule has 1 aromatic carbocycles. The molecule has 0 radical (unpaired) electrons. The third-order valence-electron chi connectivity index (χ3n) is 6.09. The Hall–Kier alpha value is -0.309. The van der Waals surface area contributed by atoms with Gasteiger partial charge in [-0.1, -0.05) is 0 Å². The summed E-state index contributed by atoms with van der Waals surface area (Å²) in [5, 5.41) is 3.63. The quantitative estimate of drug-likeness (QED) is 0.543. The van der Waals surface area contributed by atoms with Crippen molar-refractivity contribution in [3.63, 3.8) is 0 Å². The Balaban J connectivity index is 0.00000113. The van der Waals surface area contributed by atoms with Crippen molar-refractivity contribution < 1.29 is 45.2 Å². The molecule has 0 N–H and O–H groups in total. The van der Waals surface area contributed by atoms with E-state index < -0.39 is 8.80 Å². The fourth-order valence-electron chi connectivity index (χ4n) is 5.09. The molecule has 129 valence electrons. The van der Waals surface area contributed by atoms with Crippen LogP contribution in [0.4, 0.5) is 0 Å². The summed E-state index contributed by atoms with van der Waals surface area (Å²) >= 11 is 2.41. The van der Waals surface area contributed by atoms with Gasteiger partial charge in [-0.05, 0) is 0 Å². The van der Waals surface area contributed by atoms with Crippen molar-refractivity contribution in [2.45, 2.75) is 40.2 Å². The zero-order valence-corrected chi connectivity index (χ0v) is 19.4. The van der Waals surface area contributed by atoms with E-state index in [9.17, 15) is 0 Å². The van der Waals surface area contributed by atoms with Crippen molar-refractivity contribution in [3.05, 3.63) is 78.5 Å². The van der Waals surface area contributed by atoms with Crippen LogP contribution in [0.2, 0.25) is 0 Å². The molecule has 0 fully saturated rings. The van der Waals surface area contributed by atoms with Gasteiger partial charge in [0.25, 0.3) is 0 Å². The molecule has 2 aliphatic carbocycles. The van der Waals surface area contributed by atoms with Gasteiger partial charge in [0.15, 0.2) is 0 Å². The fraction of sp³-hybridized carbons (Fsp3) is 0.333. The van der Waals surface area contributed by atoms with Crippen molar-refractivity contribution in [3.8, 4) is 0 Å². The molecule has 0 nitrogen and oxygen atoms in total. The Labute approximate surface area is 177 Å². The van der Waals surface area contributed by atoms with E-state index in [0.29, 0.717) is 0 Å². The number of allylic oxidation sites excluding steroid dienone is 8. The van der Waals surface area contributed by atoms with Gasteiger partial charge in [-0.3, -0.25) is 0 Å². The molecule has 2 atom stereocenters. The average molecular weight is 422 g/mol. The van der Waals surface area contributed by atoms with Crippen molar-refractivity contribution in [1.82, 2.24) is 0 Å². The molecule has 0 saturated heterocycles. The molecule has 25 heavy (non-hydrogen) atoms. The molecule has 1 aromatic rings. The molecule has 0 spiro atoms. The van der Waals surface area contributed by atoms with Crippen molar-refractivity contribution in [2.75, 3.05) is 0 Å². The predicted molar refractivity (Wildman–Crippen MR) is 96.2 cm³/mol. The molecule has 4 aliphatic rings. The van der Waals surface area contributed by atoms with Gasteiger partial charge in [-0.25, -0.2) is 0 Å². The SMILES string of the molecule is CC1=CC(C)=C(C2(C)[C]([Ti+2])=C3C(C)=C2[SiH]3Cc2ccccc2)C1.[Cl-].[Cl-]. The smallest absolute Gasteiger partial charge is 1.00 e. The van der Waals surface area contributed by atoms with Gasteiger partial charge in [0, 0.05) is 0 Å². The summed E-state index contributed by atoms with van der Waals surface area (Å²) in [4.78, 5) is 0. The minimum absolute atomic E-state index is 0. The maximum Gasteiger partial charge on any atom is -1.00 e. The van der Waals surface area contributed by atoms with E-state index in [0.717, 1.165) is 0 Å². The van der Waals surface area contributed by atoms with Crippen LogP contribution in [0.1, 0.15) is 39.7 Å². The summed E-state index contributed by atoms with van der Waals surface area (Å²) < 4.78 is 1.68. The third-order valence-corrected chi connectivity index (χ3v) is 11.8. The van der Waals surface area contributed by atoms with E-state index >= 15 is 0 Å². The Bertz CT molecular complexity index is 833. The standard InChI is InChI=1S/C21H23Si.2ClH.Ti/c1-14-10-15(2)18(11-14)21(4)12-19-16(3)20(21)22(19)13-17-8-6-5-7-9-17;;;/h5-10,22H,11,13H2,1-4H3;2*1H;/q;;;+2/p-2. The summed E-state index contributed by atoms with van der Waals surface area (Å²) in [5.41, 5.74) is 8.13. The largest absolute Gasteiger partial charge is 1.00 e. The molecule has 0 amide bonds. The second-order valence-corrected chi connectivity index (χ2v) is 11.0.